The third-order valence-corrected chi connectivity index (χ3v) is 4.22. The molecule has 3 rings (SSSR count). The normalized spacial score (nSPS) is 25.0. The van der Waals surface area contributed by atoms with Crippen LogP contribution in [0.15, 0.2) is 24.3 Å². The molecule has 0 spiro atoms. The lowest BCUT2D eigenvalue weighted by molar-refractivity contribution is -0.0502. The largest absolute Gasteiger partial charge is 0.434 e. The van der Waals surface area contributed by atoms with E-state index in [1.807, 2.05) is 0 Å². The number of halogens is 2. The highest BCUT2D eigenvalue weighted by Gasteiger charge is 2.37. The van der Waals surface area contributed by atoms with Crippen LogP contribution in [-0.2, 0) is 0 Å². The maximum Gasteiger partial charge on any atom is 0.387 e. The molecule has 2 fully saturated rings. The van der Waals surface area contributed by atoms with Gasteiger partial charge < -0.3 is 15.0 Å². The predicted octanol–water partition coefficient (Wildman–Crippen LogP) is 2.11. The molecule has 114 valence electrons. The van der Waals surface area contributed by atoms with E-state index in [-0.39, 0.29) is 17.2 Å². The molecule has 2 aliphatic rings. The fourth-order valence-corrected chi connectivity index (χ4v) is 3.22. The lowest BCUT2D eigenvalue weighted by Gasteiger charge is -2.24. The van der Waals surface area contributed by atoms with Crippen LogP contribution < -0.4 is 10.1 Å². The number of nitrogens with zero attached hydrogens (tertiary/aromatic N) is 1. The van der Waals surface area contributed by atoms with E-state index < -0.39 is 6.61 Å². The zero-order chi connectivity index (χ0) is 14.8. The summed E-state index contributed by atoms with van der Waals surface area (Å²) in [5.74, 6) is 0.175. The molecule has 2 atom stereocenters. The minimum absolute atomic E-state index is 0.0552. The monoisotopic (exact) mass is 296 g/mol. The minimum atomic E-state index is -2.93. The van der Waals surface area contributed by atoms with Crippen LogP contribution in [0, 0.1) is 5.92 Å². The standard InChI is InChI=1S/C15H18F2N2O2/c16-15(17)21-13-6-2-1-5-11(13)14(20)19-8-10-4-3-7-18-12(10)9-19/h1-2,5-6,10,12,15,18H,3-4,7-9H2. The van der Waals surface area contributed by atoms with E-state index in [4.69, 9.17) is 0 Å². The van der Waals surface area contributed by atoms with Crippen molar-refractivity contribution < 1.29 is 18.3 Å². The number of hydrogen-bond donors (Lipinski definition) is 1. The number of piperidine rings is 1. The van der Waals surface area contributed by atoms with E-state index in [2.05, 4.69) is 10.1 Å². The third-order valence-electron chi connectivity index (χ3n) is 4.22. The van der Waals surface area contributed by atoms with Crippen molar-refractivity contribution in [2.75, 3.05) is 19.6 Å². The van der Waals surface area contributed by atoms with E-state index >= 15 is 0 Å². The number of para-hydroxylation sites is 1. The maximum absolute atomic E-state index is 12.6. The van der Waals surface area contributed by atoms with Gasteiger partial charge in [0.25, 0.3) is 5.91 Å². The zero-order valence-electron chi connectivity index (χ0n) is 11.6. The lowest BCUT2D eigenvalue weighted by Crippen LogP contribution is -2.41. The number of likely N-dealkylation sites (tertiary alicyclic amines) is 1. The van der Waals surface area contributed by atoms with Gasteiger partial charge in [-0.1, -0.05) is 12.1 Å². The first-order valence-corrected chi connectivity index (χ1v) is 7.21. The summed E-state index contributed by atoms with van der Waals surface area (Å²) in [7, 11) is 0. The Morgan fingerprint density at radius 3 is 2.90 bits per heavy atom. The molecule has 1 N–H and O–H groups in total. The van der Waals surface area contributed by atoms with Crippen molar-refractivity contribution in [1.29, 1.82) is 0 Å². The highest BCUT2D eigenvalue weighted by Crippen LogP contribution is 2.28. The molecule has 6 heteroatoms. The first-order chi connectivity index (χ1) is 10.1. The number of fused-ring (bicyclic) bond motifs is 1. The molecule has 2 unspecified atom stereocenters. The fourth-order valence-electron chi connectivity index (χ4n) is 3.22. The lowest BCUT2D eigenvalue weighted by atomic mass is 9.94. The van der Waals surface area contributed by atoms with Gasteiger partial charge in [0.1, 0.15) is 5.75 Å². The van der Waals surface area contributed by atoms with Gasteiger partial charge in [0.2, 0.25) is 0 Å². The molecule has 2 aliphatic heterocycles. The Kier molecular flexibility index (Phi) is 4.05. The Hall–Kier alpha value is -1.69. The summed E-state index contributed by atoms with van der Waals surface area (Å²) < 4.78 is 29.3. The minimum Gasteiger partial charge on any atom is -0.434 e. The fraction of sp³-hybridized carbons (Fsp3) is 0.533. The molecule has 0 bridgehead atoms. The number of rotatable bonds is 3. The Bertz CT molecular complexity index is 510. The summed E-state index contributed by atoms with van der Waals surface area (Å²) in [6, 6.07) is 6.51. The summed E-state index contributed by atoms with van der Waals surface area (Å²) in [5.41, 5.74) is 0.205. The summed E-state index contributed by atoms with van der Waals surface area (Å²) in [6.07, 6.45) is 2.23. The van der Waals surface area contributed by atoms with Gasteiger partial charge in [0, 0.05) is 19.1 Å². The van der Waals surface area contributed by atoms with Crippen molar-refractivity contribution in [3.63, 3.8) is 0 Å². The zero-order valence-corrected chi connectivity index (χ0v) is 11.6. The molecule has 0 saturated carbocycles. The average molecular weight is 296 g/mol. The van der Waals surface area contributed by atoms with Crippen LogP contribution in [0.5, 0.6) is 5.75 Å². The van der Waals surface area contributed by atoms with E-state index in [1.54, 1.807) is 17.0 Å². The van der Waals surface area contributed by atoms with E-state index in [0.29, 0.717) is 25.0 Å². The summed E-state index contributed by atoms with van der Waals surface area (Å²) in [5, 5.41) is 3.42. The molecule has 0 aromatic heterocycles. The number of amides is 1. The number of carbonyl (C=O) groups is 1. The van der Waals surface area contributed by atoms with Gasteiger partial charge in [-0.25, -0.2) is 0 Å². The van der Waals surface area contributed by atoms with Gasteiger partial charge in [0.05, 0.1) is 5.56 Å². The van der Waals surface area contributed by atoms with Crippen LogP contribution in [0.3, 0.4) is 0 Å². The highest BCUT2D eigenvalue weighted by molar-refractivity contribution is 5.97. The second kappa shape index (κ2) is 5.97. The number of benzene rings is 1. The van der Waals surface area contributed by atoms with Crippen molar-refractivity contribution in [2.45, 2.75) is 25.5 Å². The van der Waals surface area contributed by atoms with Crippen molar-refractivity contribution in [3.8, 4) is 5.75 Å². The molecule has 0 aliphatic carbocycles. The Balaban J connectivity index is 1.76. The summed E-state index contributed by atoms with van der Waals surface area (Å²) in [6.45, 7) is -0.637. The quantitative estimate of drug-likeness (QED) is 0.929. The maximum atomic E-state index is 12.6. The molecule has 2 heterocycles. The first kappa shape index (κ1) is 14.3. The first-order valence-electron chi connectivity index (χ1n) is 7.21. The number of carbonyl (C=O) groups excluding carboxylic acids is 1. The van der Waals surface area contributed by atoms with Gasteiger partial charge in [-0.05, 0) is 37.4 Å². The average Bonchev–Trinajstić information content (AvgIpc) is 2.90. The SMILES string of the molecule is O=C(c1ccccc1OC(F)F)N1CC2CCCNC2C1. The summed E-state index contributed by atoms with van der Waals surface area (Å²) in [4.78, 5) is 14.3. The van der Waals surface area contributed by atoms with Crippen LogP contribution >= 0.6 is 0 Å². The molecule has 2 saturated heterocycles. The van der Waals surface area contributed by atoms with Crippen molar-refractivity contribution >= 4 is 5.91 Å². The second-order valence-electron chi connectivity index (χ2n) is 5.55. The number of alkyl halides is 2. The molecule has 0 radical (unpaired) electrons. The van der Waals surface area contributed by atoms with Crippen LogP contribution in [0.25, 0.3) is 0 Å². The molecular formula is C15H18F2N2O2. The smallest absolute Gasteiger partial charge is 0.387 e. The Labute approximate surface area is 122 Å². The van der Waals surface area contributed by atoms with Crippen molar-refractivity contribution in [2.24, 2.45) is 5.92 Å². The Morgan fingerprint density at radius 1 is 1.33 bits per heavy atom. The van der Waals surface area contributed by atoms with Crippen LogP contribution in [0.2, 0.25) is 0 Å². The predicted molar refractivity (Wildman–Crippen MR) is 73.5 cm³/mol. The highest BCUT2D eigenvalue weighted by atomic mass is 19.3. The number of nitrogens with one attached hydrogen (secondary N) is 1. The van der Waals surface area contributed by atoms with E-state index in [0.717, 1.165) is 19.4 Å². The van der Waals surface area contributed by atoms with Gasteiger partial charge in [-0.15, -0.1) is 0 Å². The number of hydrogen-bond acceptors (Lipinski definition) is 3. The van der Waals surface area contributed by atoms with Crippen molar-refractivity contribution in [3.05, 3.63) is 29.8 Å². The van der Waals surface area contributed by atoms with Gasteiger partial charge in [-0.3, -0.25) is 4.79 Å². The molecule has 1 amide bonds. The van der Waals surface area contributed by atoms with Gasteiger partial charge >= 0.3 is 6.61 Å². The topological polar surface area (TPSA) is 41.6 Å². The molecule has 4 nitrogen and oxygen atoms in total. The van der Waals surface area contributed by atoms with Gasteiger partial charge in [-0.2, -0.15) is 8.78 Å². The van der Waals surface area contributed by atoms with E-state index in [1.165, 1.54) is 12.1 Å². The van der Waals surface area contributed by atoms with Crippen LogP contribution in [-0.4, -0.2) is 43.1 Å². The number of ether oxygens (including phenoxy) is 1. The molecule has 21 heavy (non-hydrogen) atoms. The third kappa shape index (κ3) is 3.00. The van der Waals surface area contributed by atoms with Crippen molar-refractivity contribution in [1.82, 2.24) is 10.2 Å². The molecule has 1 aromatic carbocycles. The molecule has 1 aromatic rings. The summed E-state index contributed by atoms with van der Waals surface area (Å²) >= 11 is 0. The Morgan fingerprint density at radius 2 is 2.14 bits per heavy atom. The van der Waals surface area contributed by atoms with Crippen LogP contribution in [0.4, 0.5) is 8.78 Å². The van der Waals surface area contributed by atoms with E-state index in [9.17, 15) is 13.6 Å². The van der Waals surface area contributed by atoms with Crippen LogP contribution in [0.1, 0.15) is 23.2 Å². The van der Waals surface area contributed by atoms with Gasteiger partial charge in [0.15, 0.2) is 0 Å². The molecular weight excluding hydrogens is 278 g/mol. The second-order valence-corrected chi connectivity index (χ2v) is 5.55.